The van der Waals surface area contributed by atoms with Gasteiger partial charge in [0.15, 0.2) is 11.5 Å². The lowest BCUT2D eigenvalue weighted by molar-refractivity contribution is -0.138. The summed E-state index contributed by atoms with van der Waals surface area (Å²) < 4.78 is 19.1. The molecule has 11 heteroatoms. The van der Waals surface area contributed by atoms with E-state index < -0.39 is 12.0 Å². The third-order valence-corrected chi connectivity index (χ3v) is 6.12. The highest BCUT2D eigenvalue weighted by atomic mass is 79.9. The summed E-state index contributed by atoms with van der Waals surface area (Å²) in [5.41, 5.74) is 2.47. The van der Waals surface area contributed by atoms with Crippen molar-refractivity contribution < 1.29 is 19.0 Å². The average molecular weight is 547 g/mol. The Bertz CT molecular complexity index is 1280. The van der Waals surface area contributed by atoms with E-state index >= 15 is 0 Å². The summed E-state index contributed by atoms with van der Waals surface area (Å²) in [5, 5.41) is 15.5. The zero-order valence-electron chi connectivity index (χ0n) is 18.4. The Hall–Kier alpha value is -3.37. The lowest BCUT2D eigenvalue weighted by Crippen LogP contribution is -2.29. The quantitative estimate of drug-likeness (QED) is 0.321. The lowest BCUT2D eigenvalue weighted by atomic mass is 9.95. The molecule has 176 valence electrons. The van der Waals surface area contributed by atoms with Crippen LogP contribution >= 0.6 is 27.5 Å². The number of nitrogens with zero attached hydrogens (tertiary/aromatic N) is 4. The first-order valence-electron chi connectivity index (χ1n) is 10.2. The van der Waals surface area contributed by atoms with E-state index in [1.807, 2.05) is 24.3 Å². The van der Waals surface area contributed by atoms with Gasteiger partial charge in [-0.3, -0.25) is 0 Å². The summed E-state index contributed by atoms with van der Waals surface area (Å²) in [6.45, 7) is 5.69. The molecule has 2 aromatic carbocycles. The monoisotopic (exact) mass is 545 g/mol. The third kappa shape index (κ3) is 4.64. The molecule has 1 aliphatic heterocycles. The van der Waals surface area contributed by atoms with Crippen molar-refractivity contribution in [1.29, 1.82) is 0 Å². The van der Waals surface area contributed by atoms with Gasteiger partial charge in [-0.2, -0.15) is 4.68 Å². The Morgan fingerprint density at radius 3 is 2.88 bits per heavy atom. The Kier molecular flexibility index (Phi) is 7.18. The molecule has 1 unspecified atom stereocenters. The van der Waals surface area contributed by atoms with Crippen LogP contribution in [0.3, 0.4) is 0 Å². The normalized spacial score (nSPS) is 14.8. The minimum Gasteiger partial charge on any atom is -0.493 e. The molecule has 2 heterocycles. The van der Waals surface area contributed by atoms with Crippen LogP contribution in [-0.4, -0.2) is 39.9 Å². The highest BCUT2D eigenvalue weighted by Crippen LogP contribution is 2.43. The molecule has 0 bridgehead atoms. The van der Waals surface area contributed by atoms with E-state index in [0.29, 0.717) is 43.8 Å². The summed E-state index contributed by atoms with van der Waals surface area (Å²) in [6.07, 6.45) is 1.51. The molecule has 4 rings (SSSR count). The molecule has 0 amide bonds. The zero-order chi connectivity index (χ0) is 24.2. The molecule has 1 aliphatic rings. The molecule has 9 nitrogen and oxygen atoms in total. The number of allylic oxidation sites excluding steroid dienone is 1. The van der Waals surface area contributed by atoms with Gasteiger partial charge in [0.1, 0.15) is 19.3 Å². The molecule has 0 saturated carbocycles. The predicted octanol–water partition coefficient (Wildman–Crippen LogP) is 4.69. The van der Waals surface area contributed by atoms with Gasteiger partial charge in [-0.1, -0.05) is 47.6 Å². The number of benzene rings is 2. The van der Waals surface area contributed by atoms with Crippen LogP contribution in [0.25, 0.3) is 0 Å². The summed E-state index contributed by atoms with van der Waals surface area (Å²) >= 11 is 9.84. The minimum atomic E-state index is -0.661. The number of hydrogen-bond donors (Lipinski definition) is 1. The van der Waals surface area contributed by atoms with Crippen molar-refractivity contribution in [3.8, 4) is 11.5 Å². The number of anilines is 1. The van der Waals surface area contributed by atoms with Gasteiger partial charge in [0, 0.05) is 16.3 Å². The number of methoxy groups -OCH3 is 1. The standard InChI is InChI=1S/C23H21BrClN5O4/c1-4-9-33-22(31)19-13(2)26-23-27-28-29-30(23)20(19)15-10-16(24)21(18(11-15)32-3)34-12-14-7-5-6-8-17(14)25/h4-8,10-11,20H,1,9,12H2,2-3H3,(H,26,27,29). The van der Waals surface area contributed by atoms with Crippen molar-refractivity contribution in [1.82, 2.24) is 20.2 Å². The number of aromatic nitrogens is 4. The lowest BCUT2D eigenvalue weighted by Gasteiger charge is -2.28. The Balaban J connectivity index is 1.73. The number of esters is 1. The summed E-state index contributed by atoms with van der Waals surface area (Å²) in [7, 11) is 1.54. The van der Waals surface area contributed by atoms with Crippen LogP contribution < -0.4 is 14.8 Å². The average Bonchev–Trinajstić information content (AvgIpc) is 3.29. The van der Waals surface area contributed by atoms with E-state index in [1.165, 1.54) is 10.8 Å². The number of rotatable bonds is 8. The van der Waals surface area contributed by atoms with Gasteiger partial charge < -0.3 is 19.5 Å². The van der Waals surface area contributed by atoms with Gasteiger partial charge in [-0.15, -0.1) is 0 Å². The van der Waals surface area contributed by atoms with Crippen LogP contribution in [0.2, 0.25) is 5.02 Å². The van der Waals surface area contributed by atoms with Crippen LogP contribution in [0, 0.1) is 0 Å². The molecule has 0 radical (unpaired) electrons. The number of tetrazole rings is 1. The fraction of sp³-hybridized carbons (Fsp3) is 0.217. The largest absolute Gasteiger partial charge is 0.493 e. The van der Waals surface area contributed by atoms with Crippen LogP contribution in [0.15, 0.2) is 64.8 Å². The topological polar surface area (TPSA) is 100 Å². The van der Waals surface area contributed by atoms with Crippen molar-refractivity contribution in [3.63, 3.8) is 0 Å². The maximum Gasteiger partial charge on any atom is 0.338 e. The summed E-state index contributed by atoms with van der Waals surface area (Å²) in [6, 6.07) is 10.4. The Labute approximate surface area is 209 Å². The van der Waals surface area contributed by atoms with E-state index in [2.05, 4.69) is 43.4 Å². The maximum atomic E-state index is 13.0. The van der Waals surface area contributed by atoms with Crippen molar-refractivity contribution in [2.75, 3.05) is 19.0 Å². The number of halogens is 2. The molecule has 1 atom stereocenters. The molecule has 0 saturated heterocycles. The Morgan fingerprint density at radius 1 is 1.35 bits per heavy atom. The second-order valence-corrected chi connectivity index (χ2v) is 8.58. The van der Waals surface area contributed by atoms with Gasteiger partial charge in [0.2, 0.25) is 5.95 Å². The van der Waals surface area contributed by atoms with E-state index in [4.69, 9.17) is 25.8 Å². The molecule has 1 aromatic heterocycles. The van der Waals surface area contributed by atoms with E-state index in [0.717, 1.165) is 5.56 Å². The van der Waals surface area contributed by atoms with Crippen molar-refractivity contribution in [3.05, 3.63) is 80.9 Å². The van der Waals surface area contributed by atoms with Gasteiger partial charge in [-0.25, -0.2) is 4.79 Å². The van der Waals surface area contributed by atoms with E-state index in [-0.39, 0.29) is 13.2 Å². The molecule has 0 aliphatic carbocycles. The van der Waals surface area contributed by atoms with Crippen molar-refractivity contribution in [2.45, 2.75) is 19.6 Å². The number of fused-ring (bicyclic) bond motifs is 1. The number of nitrogens with one attached hydrogen (secondary N) is 1. The fourth-order valence-corrected chi connectivity index (χ4v) is 4.36. The van der Waals surface area contributed by atoms with Crippen LogP contribution in [0.4, 0.5) is 5.95 Å². The highest BCUT2D eigenvalue weighted by Gasteiger charge is 2.36. The number of carbonyl (C=O) groups excluding carboxylic acids is 1. The smallest absolute Gasteiger partial charge is 0.338 e. The first-order valence-corrected chi connectivity index (χ1v) is 11.4. The number of ether oxygens (including phenoxy) is 3. The molecule has 3 aromatic rings. The van der Waals surface area contributed by atoms with Gasteiger partial charge >= 0.3 is 5.97 Å². The SMILES string of the molecule is C=CCOC(=O)C1=C(C)Nc2nnnn2C1c1cc(Br)c(OCc2ccccc2Cl)c(OC)c1. The highest BCUT2D eigenvalue weighted by molar-refractivity contribution is 9.10. The van der Waals surface area contributed by atoms with Gasteiger partial charge in [0.05, 0.1) is 17.2 Å². The number of hydrogen-bond acceptors (Lipinski definition) is 8. The van der Waals surface area contributed by atoms with E-state index in [1.54, 1.807) is 26.2 Å². The first kappa shape index (κ1) is 23.8. The number of carbonyl (C=O) groups is 1. The fourth-order valence-electron chi connectivity index (χ4n) is 3.60. The van der Waals surface area contributed by atoms with Crippen LogP contribution in [-0.2, 0) is 16.1 Å². The summed E-state index contributed by atoms with van der Waals surface area (Å²) in [4.78, 5) is 13.0. The van der Waals surface area contributed by atoms with Crippen molar-refractivity contribution >= 4 is 39.4 Å². The predicted molar refractivity (Wildman–Crippen MR) is 130 cm³/mol. The van der Waals surface area contributed by atoms with E-state index in [9.17, 15) is 4.79 Å². The van der Waals surface area contributed by atoms with Crippen LogP contribution in [0.5, 0.6) is 11.5 Å². The molecule has 1 N–H and O–H groups in total. The molecule has 34 heavy (non-hydrogen) atoms. The molecule has 0 spiro atoms. The maximum absolute atomic E-state index is 13.0. The zero-order valence-corrected chi connectivity index (χ0v) is 20.8. The van der Waals surface area contributed by atoms with Crippen LogP contribution in [0.1, 0.15) is 24.1 Å². The second-order valence-electron chi connectivity index (χ2n) is 7.31. The van der Waals surface area contributed by atoms with Crippen molar-refractivity contribution in [2.24, 2.45) is 0 Å². The third-order valence-electron chi connectivity index (χ3n) is 5.16. The summed E-state index contributed by atoms with van der Waals surface area (Å²) in [5.74, 6) is 0.844. The minimum absolute atomic E-state index is 0.0760. The second kappa shape index (κ2) is 10.3. The Morgan fingerprint density at radius 2 is 2.15 bits per heavy atom. The van der Waals surface area contributed by atoms with Gasteiger partial charge in [0.25, 0.3) is 0 Å². The molecular formula is C23H21BrClN5O4. The molecular weight excluding hydrogens is 526 g/mol. The van der Waals surface area contributed by atoms with Gasteiger partial charge in [-0.05, 0) is 57.0 Å². The molecule has 0 fully saturated rings. The first-order chi connectivity index (χ1) is 16.4.